The smallest absolute Gasteiger partial charge is 0.547 e. The maximum absolute atomic E-state index is 11.6. The Morgan fingerprint density at radius 3 is 1.28 bits per heavy atom. The summed E-state index contributed by atoms with van der Waals surface area (Å²) in [6.45, 7) is -3.64. The number of aliphatic carboxylic acids is 2. The molecule has 3 aromatic rings. The van der Waals surface area contributed by atoms with Gasteiger partial charge in [0, 0.05) is 37.2 Å². The van der Waals surface area contributed by atoms with E-state index in [-0.39, 0.29) is 53.3 Å². The monoisotopic (exact) mass is 588 g/mol. The Labute approximate surface area is 240 Å². The number of imidazole rings is 3. The fourth-order valence-electron chi connectivity index (χ4n) is 1.35. The molecule has 3 aromatic heterocycles. The maximum Gasteiger partial charge on any atom is 1.00 e. The number of carbonyl (C=O) groups excluding carboxylic acids is 3. The van der Waals surface area contributed by atoms with Gasteiger partial charge in [-0.05, 0) is 0 Å². The van der Waals surface area contributed by atoms with Crippen LogP contribution in [0.15, 0.2) is 56.2 Å². The van der Waals surface area contributed by atoms with Crippen LogP contribution in [0.1, 0.15) is 4.79 Å². The summed E-state index contributed by atoms with van der Waals surface area (Å²) >= 11 is 9.53. The predicted molar refractivity (Wildman–Crippen MR) is 118 cm³/mol. The maximum atomic E-state index is 11.6. The van der Waals surface area contributed by atoms with Crippen molar-refractivity contribution in [3.8, 4) is 0 Å². The van der Waals surface area contributed by atoms with Crippen molar-refractivity contribution in [1.82, 2.24) is 28.7 Å². The number of carboxylic acid groups (broad SMARTS) is 2. The minimum Gasteiger partial charge on any atom is -0.547 e. The van der Waals surface area contributed by atoms with Gasteiger partial charge in [0.15, 0.2) is 13.3 Å². The number of hydrogen-bond donors (Lipinski definition) is 1. The number of aromatic nitrogens is 6. The van der Waals surface area contributed by atoms with Crippen molar-refractivity contribution in [1.29, 1.82) is 0 Å². The van der Waals surface area contributed by atoms with Crippen molar-refractivity contribution in [2.45, 2.75) is 0 Å². The SMILES string of the molecule is Cl.ClCCl.O=C(CF)n1ccnc1.O=C(O)CF.O=C([O-])CF.O=C(n1ccnc1)n1ccnc1.[Na+]. The van der Waals surface area contributed by atoms with Gasteiger partial charge in [0.1, 0.15) is 25.7 Å². The Morgan fingerprint density at radius 2 is 1.08 bits per heavy atom. The van der Waals surface area contributed by atoms with Crippen LogP contribution in [0.5, 0.6) is 0 Å². The zero-order chi connectivity index (χ0) is 26.4. The fourth-order valence-corrected chi connectivity index (χ4v) is 1.35. The summed E-state index contributed by atoms with van der Waals surface area (Å²) in [5.41, 5.74) is 0. The van der Waals surface area contributed by atoms with E-state index in [0.717, 1.165) is 4.57 Å². The molecule has 0 aliphatic rings. The van der Waals surface area contributed by atoms with Gasteiger partial charge in [0.25, 0.3) is 5.91 Å². The number of halogens is 6. The van der Waals surface area contributed by atoms with E-state index in [2.05, 4.69) is 15.0 Å². The van der Waals surface area contributed by atoms with Crippen LogP contribution in [0.2, 0.25) is 0 Å². The third kappa shape index (κ3) is 22.1. The third-order valence-electron chi connectivity index (χ3n) is 2.58. The van der Waals surface area contributed by atoms with Gasteiger partial charge < -0.3 is 15.0 Å². The molecule has 19 heteroatoms. The number of carboxylic acids is 2. The zero-order valence-electron chi connectivity index (χ0n) is 18.5. The minimum atomic E-state index is -1.66. The molecule has 0 aromatic carbocycles. The number of carbonyl (C=O) groups is 4. The standard InChI is InChI=1S/C7H6N4O.C5H5FN2O.2C2H3FO2.CH2Cl2.ClH.Na/c12-7(10-3-1-8-5-10)11-4-2-9-6-11;6-3-5(9)8-2-1-7-4-8;2*3-1-2(4)5;2-1-3;;/h1-6H;1-2,4H,3H2;2*1H2,(H,4,5);1H2;1H;/q;;;;;;+1/p-1. The van der Waals surface area contributed by atoms with Crippen LogP contribution in [-0.2, 0) is 9.59 Å². The van der Waals surface area contributed by atoms with Crippen molar-refractivity contribution < 1.29 is 72.1 Å². The van der Waals surface area contributed by atoms with Crippen molar-refractivity contribution in [3.63, 3.8) is 0 Å². The zero-order valence-corrected chi connectivity index (χ0v) is 22.8. The second kappa shape index (κ2) is 27.2. The van der Waals surface area contributed by atoms with Crippen LogP contribution < -0.4 is 34.7 Å². The first kappa shape index (κ1) is 40.7. The van der Waals surface area contributed by atoms with E-state index in [4.69, 9.17) is 43.0 Å². The second-order valence-corrected chi connectivity index (χ2v) is 5.66. The van der Waals surface area contributed by atoms with Gasteiger partial charge >= 0.3 is 41.6 Å². The summed E-state index contributed by atoms with van der Waals surface area (Å²) in [5.74, 6) is -3.66. The number of alkyl halides is 5. The average molecular weight is 590 g/mol. The van der Waals surface area contributed by atoms with Gasteiger partial charge in [-0.3, -0.25) is 18.5 Å². The molecule has 0 bridgehead atoms. The van der Waals surface area contributed by atoms with E-state index in [1.54, 1.807) is 24.8 Å². The quantitative estimate of drug-likeness (QED) is 0.288. The van der Waals surface area contributed by atoms with Gasteiger partial charge in [-0.25, -0.2) is 37.7 Å². The molecule has 0 radical (unpaired) electrons. The van der Waals surface area contributed by atoms with Crippen LogP contribution in [0.25, 0.3) is 0 Å². The summed E-state index contributed by atoms with van der Waals surface area (Å²) in [5, 5.41) is 16.4. The Bertz CT molecular complexity index is 888. The molecule has 0 spiro atoms. The van der Waals surface area contributed by atoms with Crippen LogP contribution in [0, 0.1) is 0 Å². The molecule has 0 unspecified atom stereocenters. The summed E-state index contributed by atoms with van der Waals surface area (Å²) in [4.78, 5) is 50.8. The Kier molecular flexibility index (Phi) is 30.7. The van der Waals surface area contributed by atoms with E-state index in [1.165, 1.54) is 40.5 Å². The van der Waals surface area contributed by atoms with E-state index < -0.39 is 37.9 Å². The summed E-state index contributed by atoms with van der Waals surface area (Å²) in [6, 6.07) is -0.190. The molecule has 36 heavy (non-hydrogen) atoms. The second-order valence-electron chi connectivity index (χ2n) is 4.85. The predicted octanol–water partition coefficient (Wildman–Crippen LogP) is -1.32. The third-order valence-corrected chi connectivity index (χ3v) is 2.58. The molecule has 0 atom stereocenters. The van der Waals surface area contributed by atoms with Crippen molar-refractivity contribution >= 4 is 59.5 Å². The van der Waals surface area contributed by atoms with Crippen LogP contribution in [0.4, 0.5) is 18.0 Å². The van der Waals surface area contributed by atoms with E-state index >= 15 is 0 Å². The van der Waals surface area contributed by atoms with E-state index in [0.29, 0.717) is 0 Å². The molecule has 196 valence electrons. The van der Waals surface area contributed by atoms with Crippen molar-refractivity contribution in [3.05, 3.63) is 56.2 Å². The van der Waals surface area contributed by atoms with Crippen molar-refractivity contribution in [2.75, 3.05) is 25.4 Å². The molecule has 0 fully saturated rings. The molecule has 3 heterocycles. The molecule has 0 aliphatic heterocycles. The molecule has 3 rings (SSSR count). The van der Waals surface area contributed by atoms with E-state index in [9.17, 15) is 22.8 Å². The molecule has 12 nitrogen and oxygen atoms in total. The molecule has 0 aliphatic carbocycles. The Balaban J connectivity index is -0.000000191. The first-order chi connectivity index (χ1) is 16.2. The molecule has 1 N–H and O–H groups in total. The molecule has 0 saturated carbocycles. The summed E-state index contributed by atoms with van der Waals surface area (Å²) in [6.07, 6.45) is 13.3. The first-order valence-corrected chi connectivity index (χ1v) is 9.48. The Hall–Kier alpha value is -2.43. The van der Waals surface area contributed by atoms with E-state index in [1.807, 2.05) is 0 Å². The average Bonchev–Trinajstić information content (AvgIpc) is 3.63. The molecule has 0 amide bonds. The van der Waals surface area contributed by atoms with Crippen LogP contribution in [0.3, 0.4) is 0 Å². The van der Waals surface area contributed by atoms with Crippen LogP contribution >= 0.6 is 35.6 Å². The molecule has 0 saturated heterocycles. The largest absolute Gasteiger partial charge is 1.00 e. The van der Waals surface area contributed by atoms with Gasteiger partial charge in [0.05, 0.1) is 11.3 Å². The van der Waals surface area contributed by atoms with Gasteiger partial charge in [-0.15, -0.1) is 35.6 Å². The first-order valence-electron chi connectivity index (χ1n) is 8.41. The van der Waals surface area contributed by atoms with Gasteiger partial charge in [0.2, 0.25) is 0 Å². The summed E-state index contributed by atoms with van der Waals surface area (Å²) < 4.78 is 36.4. The number of rotatable bonds is 3. The topological polar surface area (TPSA) is 165 Å². The van der Waals surface area contributed by atoms with Crippen LogP contribution in [-0.4, -0.2) is 83.0 Å². The number of nitrogens with zero attached hydrogens (tertiary/aromatic N) is 6. The van der Waals surface area contributed by atoms with Gasteiger partial charge in [-0.2, -0.15) is 0 Å². The molecular formula is C17H19Cl3F3N6NaO6. The minimum absolute atomic E-state index is 0. The summed E-state index contributed by atoms with van der Waals surface area (Å²) in [7, 11) is 0. The number of hydrogen-bond acceptors (Lipinski definition) is 8. The van der Waals surface area contributed by atoms with Crippen molar-refractivity contribution in [2.24, 2.45) is 0 Å². The Morgan fingerprint density at radius 1 is 0.778 bits per heavy atom. The fraction of sp³-hybridized carbons (Fsp3) is 0.235. The van der Waals surface area contributed by atoms with Gasteiger partial charge in [-0.1, -0.05) is 0 Å². The molecular weight excluding hydrogens is 571 g/mol. The normalized spacial score (nSPS) is 8.25.